The van der Waals surface area contributed by atoms with Crippen molar-refractivity contribution in [1.29, 1.82) is 0 Å². The first-order valence-electron chi connectivity index (χ1n) is 16.8. The van der Waals surface area contributed by atoms with Crippen LogP contribution in [0.3, 0.4) is 0 Å². The molecule has 1 rings (SSSR count). The number of hydrogen-bond donors (Lipinski definition) is 4. The molecule has 4 N–H and O–H groups in total. The lowest BCUT2D eigenvalue weighted by molar-refractivity contribution is -0.305. The number of rotatable bonds is 25. The van der Waals surface area contributed by atoms with Crippen LogP contribution in [0.1, 0.15) is 104 Å². The highest BCUT2D eigenvalue weighted by Crippen LogP contribution is 2.22. The lowest BCUT2D eigenvalue weighted by Crippen LogP contribution is -2.59. The van der Waals surface area contributed by atoms with Gasteiger partial charge in [0.15, 0.2) is 12.4 Å². The summed E-state index contributed by atoms with van der Waals surface area (Å²) < 4.78 is 21.8. The van der Waals surface area contributed by atoms with Gasteiger partial charge in [0.05, 0.1) is 13.2 Å². The molecular weight excluding hydrogens is 580 g/mol. The van der Waals surface area contributed by atoms with Gasteiger partial charge in [-0.05, 0) is 32.1 Å². The first kappa shape index (κ1) is 40.7. The number of hydrogen-bond acceptors (Lipinski definition) is 10. The van der Waals surface area contributed by atoms with E-state index >= 15 is 0 Å². The summed E-state index contributed by atoms with van der Waals surface area (Å²) >= 11 is 0. The molecule has 1 aliphatic heterocycles. The quantitative estimate of drug-likeness (QED) is 0.0612. The zero-order valence-corrected chi connectivity index (χ0v) is 27.3. The fraction of sp³-hybridized carbons (Fsp3) is 0.714. The summed E-state index contributed by atoms with van der Waals surface area (Å²) in [6.45, 7) is 3.14. The number of aliphatic hydroxyl groups is 4. The Morgan fingerprint density at radius 2 is 1.31 bits per heavy atom. The van der Waals surface area contributed by atoms with E-state index in [9.17, 15) is 30.0 Å². The molecule has 0 radical (unpaired) electrons. The number of allylic oxidation sites excluding steroid dienone is 8. The van der Waals surface area contributed by atoms with Crippen molar-refractivity contribution >= 4 is 11.9 Å². The van der Waals surface area contributed by atoms with E-state index in [1.165, 1.54) is 19.3 Å². The molecule has 0 spiro atoms. The first-order chi connectivity index (χ1) is 21.8. The van der Waals surface area contributed by atoms with Gasteiger partial charge >= 0.3 is 11.9 Å². The zero-order valence-electron chi connectivity index (χ0n) is 27.3. The Morgan fingerprint density at radius 3 is 1.98 bits per heavy atom. The van der Waals surface area contributed by atoms with E-state index < -0.39 is 55.4 Å². The zero-order chi connectivity index (χ0) is 33.1. The van der Waals surface area contributed by atoms with E-state index in [0.717, 1.165) is 51.4 Å². The monoisotopic (exact) mass is 638 g/mol. The molecule has 1 saturated heterocycles. The smallest absolute Gasteiger partial charge is 0.306 e. The van der Waals surface area contributed by atoms with E-state index in [1.54, 1.807) is 0 Å². The van der Waals surface area contributed by atoms with Crippen LogP contribution in [-0.4, -0.2) is 89.0 Å². The van der Waals surface area contributed by atoms with Crippen LogP contribution >= 0.6 is 0 Å². The largest absolute Gasteiger partial charge is 0.462 e. The third kappa shape index (κ3) is 19.7. The van der Waals surface area contributed by atoms with Crippen LogP contribution in [-0.2, 0) is 28.5 Å². The van der Waals surface area contributed by atoms with Crippen molar-refractivity contribution in [3.8, 4) is 0 Å². The van der Waals surface area contributed by atoms with Crippen LogP contribution in [0.5, 0.6) is 0 Å². The van der Waals surface area contributed by atoms with Crippen molar-refractivity contribution in [3.05, 3.63) is 48.6 Å². The standard InChI is InChI=1S/C35H58O10/c1-3-5-7-9-11-12-13-14-15-16-18-20-22-24-31(38)44-28(26-42-30(37)23-21-19-17-10-8-6-4-2)27-43-35-34(41)33(40)32(39)29(25-36)45-35/h5,7,9,11-15,28-29,32-36,39-41H,3-4,6,8,10,16-27H2,1-2H3/b7-5+,11-9+,13-12+,15-14+/t28?,29-,32+,33?,34?,35-/m0/s1. The highest BCUT2D eigenvalue weighted by Gasteiger charge is 2.44. The van der Waals surface area contributed by atoms with E-state index in [0.29, 0.717) is 6.42 Å². The SMILES string of the molecule is CC/C=C/C=C/C=C/C=C/CCCCCC(=O)OC(COC(=O)CCCCCCCCC)CO[C@H]1O[C@@H](CO)[C@@H](O)C(O)C1O. The summed E-state index contributed by atoms with van der Waals surface area (Å²) in [6, 6.07) is 0. The van der Waals surface area contributed by atoms with Crippen LogP contribution in [0.15, 0.2) is 48.6 Å². The van der Waals surface area contributed by atoms with Crippen LogP contribution < -0.4 is 0 Å². The number of carbonyl (C=O) groups is 2. The van der Waals surface area contributed by atoms with Gasteiger partial charge in [-0.3, -0.25) is 9.59 Å². The summed E-state index contributed by atoms with van der Waals surface area (Å²) in [5.74, 6) is -0.868. The maximum atomic E-state index is 12.6. The molecule has 0 aromatic heterocycles. The van der Waals surface area contributed by atoms with Gasteiger partial charge in [-0.25, -0.2) is 0 Å². The summed E-state index contributed by atoms with van der Waals surface area (Å²) in [4.78, 5) is 24.9. The molecule has 0 amide bonds. The Bertz CT molecular complexity index is 882. The lowest BCUT2D eigenvalue weighted by atomic mass is 9.99. The van der Waals surface area contributed by atoms with Crippen molar-refractivity contribution in [1.82, 2.24) is 0 Å². The van der Waals surface area contributed by atoms with Crippen molar-refractivity contribution in [2.75, 3.05) is 19.8 Å². The fourth-order valence-corrected chi connectivity index (χ4v) is 4.61. The molecule has 6 atom stereocenters. The Hall–Kier alpha value is -2.34. The van der Waals surface area contributed by atoms with Crippen molar-refractivity contribution in [2.24, 2.45) is 0 Å². The molecule has 1 heterocycles. The minimum atomic E-state index is -1.60. The fourth-order valence-electron chi connectivity index (χ4n) is 4.61. The van der Waals surface area contributed by atoms with E-state index in [4.69, 9.17) is 18.9 Å². The van der Waals surface area contributed by atoms with Gasteiger partial charge in [0.2, 0.25) is 0 Å². The molecule has 1 aliphatic rings. The molecule has 10 heteroatoms. The summed E-state index contributed by atoms with van der Waals surface area (Å²) in [5.41, 5.74) is 0. The van der Waals surface area contributed by atoms with Crippen molar-refractivity contribution in [2.45, 2.75) is 141 Å². The minimum absolute atomic E-state index is 0.183. The molecule has 0 aliphatic carbocycles. The maximum Gasteiger partial charge on any atom is 0.306 e. The number of unbranched alkanes of at least 4 members (excludes halogenated alkanes) is 9. The van der Waals surface area contributed by atoms with E-state index in [-0.39, 0.29) is 26.1 Å². The predicted octanol–water partition coefficient (Wildman–Crippen LogP) is 4.98. The van der Waals surface area contributed by atoms with Crippen molar-refractivity contribution in [3.63, 3.8) is 0 Å². The van der Waals surface area contributed by atoms with Gasteiger partial charge < -0.3 is 39.4 Å². The van der Waals surface area contributed by atoms with Crippen LogP contribution in [0.4, 0.5) is 0 Å². The van der Waals surface area contributed by atoms with Crippen molar-refractivity contribution < 1.29 is 49.0 Å². The van der Waals surface area contributed by atoms with Crippen LogP contribution in [0.25, 0.3) is 0 Å². The Balaban J connectivity index is 2.50. The number of carbonyl (C=O) groups excluding carboxylic acids is 2. The molecule has 258 valence electrons. The minimum Gasteiger partial charge on any atom is -0.462 e. The van der Waals surface area contributed by atoms with Gasteiger partial charge in [-0.2, -0.15) is 0 Å². The molecule has 45 heavy (non-hydrogen) atoms. The van der Waals surface area contributed by atoms with Gasteiger partial charge in [-0.15, -0.1) is 0 Å². The molecule has 10 nitrogen and oxygen atoms in total. The Morgan fingerprint density at radius 1 is 0.711 bits per heavy atom. The summed E-state index contributed by atoms with van der Waals surface area (Å²) in [5, 5.41) is 39.7. The molecule has 0 saturated carbocycles. The summed E-state index contributed by atoms with van der Waals surface area (Å²) in [7, 11) is 0. The van der Waals surface area contributed by atoms with Gasteiger partial charge in [0.1, 0.15) is 31.0 Å². The molecule has 0 aromatic rings. The second-order valence-electron chi connectivity index (χ2n) is 11.3. The first-order valence-corrected chi connectivity index (χ1v) is 16.8. The van der Waals surface area contributed by atoms with Crippen LogP contribution in [0.2, 0.25) is 0 Å². The molecule has 0 aromatic carbocycles. The third-order valence-corrected chi connectivity index (χ3v) is 7.32. The maximum absolute atomic E-state index is 12.6. The summed E-state index contributed by atoms with van der Waals surface area (Å²) in [6.07, 6.45) is 20.1. The highest BCUT2D eigenvalue weighted by atomic mass is 16.7. The second-order valence-corrected chi connectivity index (χ2v) is 11.3. The normalized spacial score (nSPS) is 23.0. The Kier molecular flexibility index (Phi) is 24.3. The number of ether oxygens (including phenoxy) is 4. The average molecular weight is 639 g/mol. The van der Waals surface area contributed by atoms with Crippen LogP contribution in [0, 0.1) is 0 Å². The van der Waals surface area contributed by atoms with Gasteiger partial charge in [-0.1, -0.05) is 107 Å². The van der Waals surface area contributed by atoms with Gasteiger partial charge in [0, 0.05) is 12.8 Å². The topological polar surface area (TPSA) is 152 Å². The predicted molar refractivity (Wildman–Crippen MR) is 173 cm³/mol. The van der Waals surface area contributed by atoms with E-state index in [2.05, 4.69) is 26.0 Å². The highest BCUT2D eigenvalue weighted by molar-refractivity contribution is 5.70. The molecule has 1 fully saturated rings. The van der Waals surface area contributed by atoms with Gasteiger partial charge in [0.25, 0.3) is 0 Å². The van der Waals surface area contributed by atoms with E-state index in [1.807, 2.05) is 36.5 Å². The molecule has 3 unspecified atom stereocenters. The molecular formula is C35H58O10. The number of esters is 2. The third-order valence-electron chi connectivity index (χ3n) is 7.32. The average Bonchev–Trinajstić information content (AvgIpc) is 3.03. The second kappa shape index (κ2) is 26.8. The molecule has 0 bridgehead atoms. The number of aliphatic hydroxyl groups excluding tert-OH is 4. The Labute approximate surface area is 269 Å². The lowest BCUT2D eigenvalue weighted by Gasteiger charge is -2.39.